The zero-order valence-corrected chi connectivity index (χ0v) is 34.3. The highest BCUT2D eigenvalue weighted by atomic mass is 16.2. The van der Waals surface area contributed by atoms with Crippen molar-refractivity contribution in [3.8, 4) is 0 Å². The number of ketones is 1. The molecule has 0 radical (unpaired) electrons. The Hall–Kier alpha value is -2.69. The fourth-order valence-corrected chi connectivity index (χ4v) is 6.39. The minimum Gasteiger partial charge on any atom is -0.356 e. The molecule has 0 rings (SSSR count). The van der Waals surface area contributed by atoms with E-state index in [0.29, 0.717) is 45.1 Å². The van der Waals surface area contributed by atoms with Crippen LogP contribution in [0.25, 0.3) is 0 Å². The van der Waals surface area contributed by atoms with Gasteiger partial charge in [-0.05, 0) is 140 Å². The van der Waals surface area contributed by atoms with Crippen LogP contribution in [0.3, 0.4) is 0 Å². The summed E-state index contributed by atoms with van der Waals surface area (Å²) in [5.74, 6) is -0.545. The summed E-state index contributed by atoms with van der Waals surface area (Å²) in [4.78, 5) is 64.1. The number of carbonyl (C=O) groups is 5. The normalized spacial score (nSPS) is 14.1. The summed E-state index contributed by atoms with van der Waals surface area (Å²) in [5.41, 5.74) is 0. The largest absolute Gasteiger partial charge is 0.356 e. The molecule has 10 N–H and O–H groups in total. The van der Waals surface area contributed by atoms with Crippen LogP contribution >= 0.6 is 0 Å². The number of carbonyl (C=O) groups excluding carboxylic acids is 5. The molecule has 15 heteroatoms. The molecule has 310 valence electrons. The Bertz CT molecular complexity index is 989. The molecule has 5 unspecified atom stereocenters. The lowest BCUT2D eigenvalue weighted by molar-refractivity contribution is -0.126. The summed E-state index contributed by atoms with van der Waals surface area (Å²) < 4.78 is 0. The van der Waals surface area contributed by atoms with Gasteiger partial charge in [0.25, 0.3) is 0 Å². The van der Waals surface area contributed by atoms with E-state index in [1.165, 1.54) is 6.92 Å². The van der Waals surface area contributed by atoms with Gasteiger partial charge in [-0.25, -0.2) is 0 Å². The summed E-state index contributed by atoms with van der Waals surface area (Å²) in [5, 5.41) is 31.1. The Balaban J connectivity index is 5.09. The third-order valence-electron chi connectivity index (χ3n) is 9.39. The first-order chi connectivity index (χ1) is 25.5. The third kappa shape index (κ3) is 29.4. The van der Waals surface area contributed by atoms with E-state index in [1.807, 2.05) is 42.3 Å². The summed E-state index contributed by atoms with van der Waals surface area (Å²) in [6.07, 6.45) is 10.0. The highest BCUT2D eigenvalue weighted by molar-refractivity contribution is 5.82. The molecule has 0 aliphatic heterocycles. The molecule has 0 aromatic rings. The number of hydrogen-bond donors (Lipinski definition) is 10. The molecule has 5 atom stereocenters. The fourth-order valence-electron chi connectivity index (χ4n) is 6.39. The average molecular weight is 755 g/mol. The molecule has 0 spiro atoms. The molecule has 0 aliphatic rings. The van der Waals surface area contributed by atoms with E-state index in [0.717, 1.165) is 71.1 Å². The number of amides is 4. The first kappa shape index (κ1) is 50.3. The van der Waals surface area contributed by atoms with Crippen molar-refractivity contribution in [2.45, 2.75) is 140 Å². The van der Waals surface area contributed by atoms with Crippen molar-refractivity contribution in [1.82, 2.24) is 53.2 Å². The van der Waals surface area contributed by atoms with E-state index in [2.05, 4.69) is 53.2 Å². The van der Waals surface area contributed by atoms with Crippen LogP contribution < -0.4 is 53.2 Å². The van der Waals surface area contributed by atoms with Gasteiger partial charge in [0, 0.05) is 68.9 Å². The van der Waals surface area contributed by atoms with Crippen LogP contribution in [0.2, 0.25) is 0 Å². The monoisotopic (exact) mass is 755 g/mol. The van der Waals surface area contributed by atoms with Gasteiger partial charge in [-0.1, -0.05) is 6.42 Å². The van der Waals surface area contributed by atoms with E-state index in [1.54, 1.807) is 0 Å². The molecule has 53 heavy (non-hydrogen) atoms. The third-order valence-corrected chi connectivity index (χ3v) is 9.39. The molecule has 15 nitrogen and oxygen atoms in total. The molecule has 0 bridgehead atoms. The van der Waals surface area contributed by atoms with Crippen LogP contribution in [0.4, 0.5) is 0 Å². The number of unbranched alkanes of at least 4 members (excludes halogenated alkanes) is 1. The van der Waals surface area contributed by atoms with Crippen molar-refractivity contribution in [3.05, 3.63) is 0 Å². The van der Waals surface area contributed by atoms with Gasteiger partial charge in [0.2, 0.25) is 23.6 Å². The molecule has 0 fully saturated rings. The standard InChI is InChI=1S/C38H78N10O5/c1-29(49)24-32(46-38(53)28-34(17-12-22-42-5)48-37(52)26-31(44-7)15-10-20-40-3)18-13-23-45-35(50)27-33(16-11-21-41-4)47-36(51)25-30(43-6)14-8-9-19-39-2/h30-34,39-44H,8-28H2,1-7H3,(H,45,50)(H,46,53)(H,47,51)(H,48,52). The zero-order valence-electron chi connectivity index (χ0n) is 34.3. The summed E-state index contributed by atoms with van der Waals surface area (Å²) >= 11 is 0. The maximum atomic E-state index is 13.2. The van der Waals surface area contributed by atoms with E-state index in [-0.39, 0.29) is 78.9 Å². The molecule has 0 heterocycles. The number of rotatable bonds is 36. The van der Waals surface area contributed by atoms with Crippen LogP contribution in [0.15, 0.2) is 0 Å². The van der Waals surface area contributed by atoms with Crippen molar-refractivity contribution >= 4 is 29.4 Å². The first-order valence-corrected chi connectivity index (χ1v) is 20.1. The van der Waals surface area contributed by atoms with E-state index < -0.39 is 0 Å². The van der Waals surface area contributed by atoms with E-state index >= 15 is 0 Å². The minimum absolute atomic E-state index is 0.0341. The Morgan fingerprint density at radius 2 is 0.698 bits per heavy atom. The van der Waals surface area contributed by atoms with Crippen LogP contribution in [0.5, 0.6) is 0 Å². The number of nitrogens with one attached hydrogen (secondary N) is 10. The van der Waals surface area contributed by atoms with Gasteiger partial charge >= 0.3 is 0 Å². The molecular weight excluding hydrogens is 676 g/mol. The van der Waals surface area contributed by atoms with Crippen LogP contribution in [0, 0.1) is 0 Å². The van der Waals surface area contributed by atoms with Crippen molar-refractivity contribution in [2.75, 3.05) is 75.0 Å². The summed E-state index contributed by atoms with van der Waals surface area (Å²) in [7, 11) is 11.3. The maximum absolute atomic E-state index is 13.2. The van der Waals surface area contributed by atoms with Gasteiger partial charge in [0.05, 0.1) is 0 Å². The van der Waals surface area contributed by atoms with E-state index in [4.69, 9.17) is 0 Å². The Morgan fingerprint density at radius 1 is 0.377 bits per heavy atom. The second kappa shape index (κ2) is 33.8. The van der Waals surface area contributed by atoms with Crippen LogP contribution in [0.1, 0.15) is 110 Å². The zero-order chi connectivity index (χ0) is 39.7. The summed E-state index contributed by atoms with van der Waals surface area (Å²) in [6.45, 7) is 5.28. The Kier molecular flexibility index (Phi) is 32.1. The van der Waals surface area contributed by atoms with Crippen molar-refractivity contribution in [3.63, 3.8) is 0 Å². The quantitative estimate of drug-likeness (QED) is 0.0398. The molecule has 0 saturated carbocycles. The second-order valence-corrected chi connectivity index (χ2v) is 14.3. The van der Waals surface area contributed by atoms with Gasteiger partial charge in [0.1, 0.15) is 5.78 Å². The predicted molar refractivity (Wildman–Crippen MR) is 215 cm³/mol. The molecule has 4 amide bonds. The van der Waals surface area contributed by atoms with Gasteiger partial charge < -0.3 is 53.2 Å². The fraction of sp³-hybridized carbons (Fsp3) is 0.868. The molecule has 0 saturated heterocycles. The van der Waals surface area contributed by atoms with Crippen molar-refractivity contribution < 1.29 is 24.0 Å². The van der Waals surface area contributed by atoms with Crippen LogP contribution in [-0.4, -0.2) is 135 Å². The Labute approximate surface area is 321 Å². The maximum Gasteiger partial charge on any atom is 0.222 e. The Morgan fingerprint density at radius 3 is 1.09 bits per heavy atom. The smallest absolute Gasteiger partial charge is 0.222 e. The molecule has 0 aromatic carbocycles. The first-order valence-electron chi connectivity index (χ1n) is 20.1. The van der Waals surface area contributed by atoms with Crippen molar-refractivity contribution in [1.29, 1.82) is 0 Å². The molecular formula is C38H78N10O5. The molecule has 0 aromatic heterocycles. The minimum atomic E-state index is -0.377. The van der Waals surface area contributed by atoms with E-state index in [9.17, 15) is 24.0 Å². The van der Waals surface area contributed by atoms with Gasteiger partial charge in [-0.15, -0.1) is 0 Å². The predicted octanol–water partition coefficient (Wildman–Crippen LogP) is 0.441. The number of Topliss-reactive ketones (excluding diaryl/α,β-unsaturated/α-hetero) is 1. The summed E-state index contributed by atoms with van der Waals surface area (Å²) in [6, 6.07) is -0.834. The van der Waals surface area contributed by atoms with Crippen LogP contribution in [-0.2, 0) is 24.0 Å². The highest BCUT2D eigenvalue weighted by Gasteiger charge is 2.22. The lowest BCUT2D eigenvalue weighted by Gasteiger charge is -2.23. The highest BCUT2D eigenvalue weighted by Crippen LogP contribution is 2.10. The SMILES string of the molecule is CNCCCCC(CC(=O)NC(CCCNC)CC(=O)NCCCC(CC(C)=O)NC(=O)CC(CCCNC)NC(=O)CC(CCCNC)NC)NC. The number of hydrogen-bond acceptors (Lipinski definition) is 11. The van der Waals surface area contributed by atoms with Gasteiger partial charge in [0.15, 0.2) is 0 Å². The second-order valence-electron chi connectivity index (χ2n) is 14.3. The average Bonchev–Trinajstić information content (AvgIpc) is 3.10. The van der Waals surface area contributed by atoms with Gasteiger partial charge in [-0.3, -0.25) is 24.0 Å². The van der Waals surface area contributed by atoms with Crippen molar-refractivity contribution in [2.24, 2.45) is 0 Å². The topological polar surface area (TPSA) is 206 Å². The lowest BCUT2D eigenvalue weighted by Crippen LogP contribution is -2.44. The van der Waals surface area contributed by atoms with Gasteiger partial charge in [-0.2, -0.15) is 0 Å². The molecule has 0 aliphatic carbocycles. The lowest BCUT2D eigenvalue weighted by atomic mass is 10.0.